The second kappa shape index (κ2) is 5.87. The molecule has 4 heteroatoms. The Morgan fingerprint density at radius 2 is 2.06 bits per heavy atom. The van der Waals surface area contributed by atoms with Gasteiger partial charge in [-0.2, -0.15) is 0 Å². The zero-order valence-corrected chi connectivity index (χ0v) is 9.95. The molecule has 0 aliphatic heterocycles. The van der Waals surface area contributed by atoms with Gasteiger partial charge in [-0.05, 0) is 18.9 Å². The van der Waals surface area contributed by atoms with Crippen molar-refractivity contribution in [2.45, 2.75) is 51.1 Å². The van der Waals surface area contributed by atoms with Gasteiger partial charge in [0, 0.05) is 6.04 Å². The molecule has 0 amide bonds. The van der Waals surface area contributed by atoms with Gasteiger partial charge < -0.3 is 14.8 Å². The van der Waals surface area contributed by atoms with Crippen LogP contribution in [0.15, 0.2) is 16.7 Å². The number of hydrogen-bond donors (Lipinski definition) is 2. The third kappa shape index (κ3) is 3.33. The van der Waals surface area contributed by atoms with Gasteiger partial charge in [0.25, 0.3) is 0 Å². The van der Waals surface area contributed by atoms with E-state index in [1.807, 2.05) is 0 Å². The topological polar surface area (TPSA) is 62.5 Å². The lowest BCUT2D eigenvalue weighted by atomic mass is 10.1. The Kier molecular flexibility index (Phi) is 4.20. The van der Waals surface area contributed by atoms with Gasteiger partial charge in [-0.25, -0.2) is 4.79 Å². The summed E-state index contributed by atoms with van der Waals surface area (Å²) in [6.45, 7) is 0.513. The van der Waals surface area contributed by atoms with Gasteiger partial charge in [-0.3, -0.25) is 0 Å². The molecule has 0 aromatic carbocycles. The first-order valence-corrected chi connectivity index (χ1v) is 6.30. The molecule has 1 fully saturated rings. The van der Waals surface area contributed by atoms with Gasteiger partial charge in [0.05, 0.1) is 12.8 Å². The van der Waals surface area contributed by atoms with Gasteiger partial charge >= 0.3 is 5.97 Å². The molecule has 2 N–H and O–H groups in total. The number of nitrogens with one attached hydrogen (secondary N) is 1. The number of carbonyl (C=O) groups is 1. The Hall–Kier alpha value is -1.29. The first kappa shape index (κ1) is 12.2. The van der Waals surface area contributed by atoms with Gasteiger partial charge in [0.1, 0.15) is 11.3 Å². The van der Waals surface area contributed by atoms with E-state index in [1.165, 1.54) is 50.9 Å². The molecular weight excluding hydrogens is 218 g/mol. The third-order valence-corrected chi connectivity index (χ3v) is 3.38. The van der Waals surface area contributed by atoms with Crippen LogP contribution in [-0.2, 0) is 6.54 Å². The Balaban J connectivity index is 1.88. The standard InChI is InChI=1S/C13H19NO3/c15-13(16)11-7-8-17-12(11)9-14-10-5-3-1-2-4-6-10/h7-8,10,14H,1-6,9H2,(H,15,16). The minimum atomic E-state index is -0.920. The molecule has 0 spiro atoms. The molecule has 17 heavy (non-hydrogen) atoms. The monoisotopic (exact) mass is 237 g/mol. The molecule has 1 aromatic rings. The van der Waals surface area contributed by atoms with Crippen LogP contribution >= 0.6 is 0 Å². The molecule has 94 valence electrons. The summed E-state index contributed by atoms with van der Waals surface area (Å²) in [6.07, 6.45) is 8.97. The van der Waals surface area contributed by atoms with Crippen LogP contribution in [0.5, 0.6) is 0 Å². The molecule has 1 saturated carbocycles. The summed E-state index contributed by atoms with van der Waals surface area (Å²) in [6, 6.07) is 2.01. The highest BCUT2D eigenvalue weighted by molar-refractivity contribution is 5.88. The SMILES string of the molecule is O=C(O)c1ccoc1CNC1CCCCCC1. The summed E-state index contributed by atoms with van der Waals surface area (Å²) in [7, 11) is 0. The summed E-state index contributed by atoms with van der Waals surface area (Å²) in [5, 5.41) is 12.4. The highest BCUT2D eigenvalue weighted by Gasteiger charge is 2.16. The maximum absolute atomic E-state index is 10.9. The number of hydrogen-bond acceptors (Lipinski definition) is 3. The fourth-order valence-electron chi connectivity index (χ4n) is 2.39. The normalized spacial score (nSPS) is 17.9. The Morgan fingerprint density at radius 3 is 2.71 bits per heavy atom. The number of carboxylic acids is 1. The second-order valence-electron chi connectivity index (χ2n) is 4.63. The minimum absolute atomic E-state index is 0.270. The van der Waals surface area contributed by atoms with Crippen molar-refractivity contribution in [3.63, 3.8) is 0 Å². The van der Waals surface area contributed by atoms with E-state index in [0.29, 0.717) is 18.3 Å². The second-order valence-corrected chi connectivity index (χ2v) is 4.63. The minimum Gasteiger partial charge on any atom is -0.478 e. The maximum atomic E-state index is 10.9. The summed E-state index contributed by atoms with van der Waals surface area (Å²) in [5.41, 5.74) is 0.270. The molecule has 4 nitrogen and oxygen atoms in total. The lowest BCUT2D eigenvalue weighted by Gasteiger charge is -2.15. The van der Waals surface area contributed by atoms with Crippen molar-refractivity contribution in [3.8, 4) is 0 Å². The quantitative estimate of drug-likeness (QED) is 0.790. The molecule has 1 heterocycles. The first-order valence-electron chi connectivity index (χ1n) is 6.30. The largest absolute Gasteiger partial charge is 0.478 e. The van der Waals surface area contributed by atoms with Crippen LogP contribution in [0.3, 0.4) is 0 Å². The highest BCUT2D eigenvalue weighted by atomic mass is 16.4. The van der Waals surface area contributed by atoms with Crippen LogP contribution in [0.4, 0.5) is 0 Å². The van der Waals surface area contributed by atoms with E-state index in [4.69, 9.17) is 9.52 Å². The lowest BCUT2D eigenvalue weighted by molar-refractivity contribution is 0.0694. The Labute approximate surface area is 101 Å². The molecule has 1 aliphatic rings. The van der Waals surface area contributed by atoms with Crippen LogP contribution in [0.2, 0.25) is 0 Å². The van der Waals surface area contributed by atoms with E-state index in [-0.39, 0.29) is 5.56 Å². The summed E-state index contributed by atoms with van der Waals surface area (Å²) in [4.78, 5) is 10.9. The molecule has 0 radical (unpaired) electrons. The molecule has 0 atom stereocenters. The fourth-order valence-corrected chi connectivity index (χ4v) is 2.39. The summed E-state index contributed by atoms with van der Waals surface area (Å²) < 4.78 is 5.20. The third-order valence-electron chi connectivity index (χ3n) is 3.38. The van der Waals surface area contributed by atoms with Gasteiger partial charge in [-0.15, -0.1) is 0 Å². The first-order chi connectivity index (χ1) is 8.27. The van der Waals surface area contributed by atoms with E-state index in [9.17, 15) is 4.79 Å². The van der Waals surface area contributed by atoms with Crippen LogP contribution in [0, 0.1) is 0 Å². The van der Waals surface area contributed by atoms with Crippen molar-refractivity contribution in [2.75, 3.05) is 0 Å². The van der Waals surface area contributed by atoms with Crippen LogP contribution in [0.25, 0.3) is 0 Å². The maximum Gasteiger partial charge on any atom is 0.339 e. The van der Waals surface area contributed by atoms with Crippen molar-refractivity contribution in [3.05, 3.63) is 23.7 Å². The van der Waals surface area contributed by atoms with Crippen LogP contribution in [0.1, 0.15) is 54.6 Å². The molecule has 0 bridgehead atoms. The number of rotatable bonds is 4. The zero-order chi connectivity index (χ0) is 12.1. The van der Waals surface area contributed by atoms with Crippen molar-refractivity contribution < 1.29 is 14.3 Å². The molecule has 2 rings (SSSR count). The molecular formula is C13H19NO3. The number of carboxylic acid groups (broad SMARTS) is 1. The molecule has 1 aromatic heterocycles. The Morgan fingerprint density at radius 1 is 1.35 bits per heavy atom. The van der Waals surface area contributed by atoms with Crippen molar-refractivity contribution in [1.29, 1.82) is 0 Å². The predicted octanol–water partition coefficient (Wildman–Crippen LogP) is 2.79. The van der Waals surface area contributed by atoms with Gasteiger partial charge in [0.15, 0.2) is 0 Å². The molecule has 1 aliphatic carbocycles. The van der Waals surface area contributed by atoms with Crippen molar-refractivity contribution >= 4 is 5.97 Å². The smallest absolute Gasteiger partial charge is 0.339 e. The van der Waals surface area contributed by atoms with E-state index in [0.717, 1.165) is 0 Å². The number of furan rings is 1. The summed E-state index contributed by atoms with van der Waals surface area (Å²) >= 11 is 0. The van der Waals surface area contributed by atoms with Crippen molar-refractivity contribution in [1.82, 2.24) is 5.32 Å². The Bertz CT molecular complexity index is 364. The average molecular weight is 237 g/mol. The van der Waals surface area contributed by atoms with E-state index in [1.54, 1.807) is 0 Å². The van der Waals surface area contributed by atoms with Gasteiger partial charge in [0.2, 0.25) is 0 Å². The summed E-state index contributed by atoms with van der Waals surface area (Å²) in [5.74, 6) is -0.391. The zero-order valence-electron chi connectivity index (χ0n) is 9.95. The highest BCUT2D eigenvalue weighted by Crippen LogP contribution is 2.18. The lowest BCUT2D eigenvalue weighted by Crippen LogP contribution is -2.28. The predicted molar refractivity (Wildman–Crippen MR) is 64.0 cm³/mol. The van der Waals surface area contributed by atoms with Gasteiger partial charge in [-0.1, -0.05) is 25.7 Å². The fraction of sp³-hybridized carbons (Fsp3) is 0.615. The molecule has 0 saturated heterocycles. The average Bonchev–Trinajstić information content (AvgIpc) is 2.63. The molecule has 0 unspecified atom stereocenters. The van der Waals surface area contributed by atoms with Crippen LogP contribution in [-0.4, -0.2) is 17.1 Å². The number of aromatic carboxylic acids is 1. The van der Waals surface area contributed by atoms with E-state index >= 15 is 0 Å². The van der Waals surface area contributed by atoms with E-state index < -0.39 is 5.97 Å². The van der Waals surface area contributed by atoms with Crippen LogP contribution < -0.4 is 5.32 Å². The van der Waals surface area contributed by atoms with E-state index in [2.05, 4.69) is 5.32 Å². The van der Waals surface area contributed by atoms with Crippen molar-refractivity contribution in [2.24, 2.45) is 0 Å².